The van der Waals surface area contributed by atoms with Crippen LogP contribution in [-0.2, 0) is 17.8 Å². The number of fused-ring (bicyclic) bond motifs is 1. The Morgan fingerprint density at radius 3 is 2.43 bits per heavy atom. The van der Waals surface area contributed by atoms with Crippen molar-refractivity contribution in [1.29, 1.82) is 0 Å². The van der Waals surface area contributed by atoms with Crippen molar-refractivity contribution in [3.8, 4) is 17.2 Å². The third-order valence-corrected chi connectivity index (χ3v) is 5.68. The van der Waals surface area contributed by atoms with Gasteiger partial charge in [0.1, 0.15) is 17.3 Å². The van der Waals surface area contributed by atoms with Gasteiger partial charge >= 0.3 is 5.56 Å². The number of amides is 1. The molecule has 0 radical (unpaired) electrons. The number of methoxy groups -OCH3 is 1. The van der Waals surface area contributed by atoms with E-state index in [1.165, 1.54) is 4.57 Å². The van der Waals surface area contributed by atoms with E-state index in [2.05, 4.69) is 15.5 Å². The lowest BCUT2D eigenvalue weighted by Gasteiger charge is -2.12. The van der Waals surface area contributed by atoms with Gasteiger partial charge in [0.15, 0.2) is 0 Å². The van der Waals surface area contributed by atoms with Crippen LogP contribution in [0, 0.1) is 5.92 Å². The van der Waals surface area contributed by atoms with Crippen LogP contribution in [0.1, 0.15) is 31.7 Å². The maximum Gasteiger partial charge on any atom is 0.300 e. The van der Waals surface area contributed by atoms with Gasteiger partial charge in [0, 0.05) is 37.5 Å². The maximum atomic E-state index is 13.0. The highest BCUT2D eigenvalue weighted by molar-refractivity contribution is 5.76. The Morgan fingerprint density at radius 1 is 1.03 bits per heavy atom. The number of carbonyl (C=O) groups excluding carboxylic acids is 1. The van der Waals surface area contributed by atoms with Crippen molar-refractivity contribution < 1.29 is 14.3 Å². The van der Waals surface area contributed by atoms with Crippen molar-refractivity contribution in [2.24, 2.45) is 5.92 Å². The highest BCUT2D eigenvalue weighted by Crippen LogP contribution is 2.16. The minimum atomic E-state index is -0.264. The minimum Gasteiger partial charge on any atom is -0.497 e. The number of rotatable bonds is 10. The molecule has 0 aliphatic heterocycles. The van der Waals surface area contributed by atoms with Gasteiger partial charge in [-0.25, -0.2) is 0 Å². The van der Waals surface area contributed by atoms with Crippen molar-refractivity contribution in [3.63, 3.8) is 0 Å². The molecular weight excluding hydrogens is 446 g/mol. The summed E-state index contributed by atoms with van der Waals surface area (Å²) in [7, 11) is 1.62. The smallest absolute Gasteiger partial charge is 0.300 e. The minimum absolute atomic E-state index is 0.0202. The molecule has 1 atom stereocenters. The van der Waals surface area contributed by atoms with Crippen molar-refractivity contribution >= 4 is 11.6 Å². The van der Waals surface area contributed by atoms with E-state index in [0.29, 0.717) is 37.5 Å². The molecule has 9 nitrogen and oxygen atoms in total. The number of carbonyl (C=O) groups is 1. The van der Waals surface area contributed by atoms with Gasteiger partial charge in [-0.2, -0.15) is 0 Å². The normalized spacial score (nSPS) is 11.9. The van der Waals surface area contributed by atoms with Gasteiger partial charge in [-0.05, 0) is 54.8 Å². The molecule has 0 aliphatic carbocycles. The number of hydrogen-bond acceptors (Lipinski definition) is 6. The average Bonchev–Trinajstić information content (AvgIpc) is 3.27. The van der Waals surface area contributed by atoms with E-state index in [4.69, 9.17) is 9.47 Å². The lowest BCUT2D eigenvalue weighted by atomic mass is 10.0. The molecule has 0 bridgehead atoms. The van der Waals surface area contributed by atoms with Gasteiger partial charge in [-0.3, -0.25) is 18.6 Å². The van der Waals surface area contributed by atoms with Crippen molar-refractivity contribution in [2.75, 3.05) is 13.7 Å². The summed E-state index contributed by atoms with van der Waals surface area (Å²) in [5.41, 5.74) is 1.69. The second-order valence-corrected chi connectivity index (χ2v) is 8.35. The third kappa shape index (κ3) is 5.68. The molecule has 1 amide bonds. The summed E-state index contributed by atoms with van der Waals surface area (Å²) in [6.45, 7) is 4.94. The zero-order chi connectivity index (χ0) is 24.8. The Kier molecular flexibility index (Phi) is 7.45. The fourth-order valence-electron chi connectivity index (χ4n) is 3.86. The fourth-order valence-corrected chi connectivity index (χ4v) is 3.86. The fraction of sp³-hybridized carbons (Fsp3) is 0.308. The van der Waals surface area contributed by atoms with E-state index in [1.807, 2.05) is 62.4 Å². The molecule has 2 aromatic heterocycles. The van der Waals surface area contributed by atoms with Crippen molar-refractivity contribution in [2.45, 2.75) is 33.2 Å². The Balaban J connectivity index is 1.39. The number of hydrogen-bond donors (Lipinski definition) is 1. The maximum absolute atomic E-state index is 13.0. The molecule has 0 saturated heterocycles. The van der Waals surface area contributed by atoms with Crippen LogP contribution in [0.4, 0.5) is 0 Å². The SMILES string of the molecule is CCOc1ccc(-n2ccn3c(C[C@H](C)CC(=O)NCc4ccc(OC)cc4)nnc3c2=O)cc1. The summed E-state index contributed by atoms with van der Waals surface area (Å²) in [5.74, 6) is 2.15. The standard InChI is InChI=1S/C26H29N5O4/c1-4-35-22-11-7-20(8-12-22)30-13-14-31-23(28-29-25(31)26(30)33)15-18(2)16-24(32)27-17-19-5-9-21(34-3)10-6-19/h5-14,18H,4,15-17H2,1-3H3,(H,27,32)/t18-/m0/s1. The quantitative estimate of drug-likeness (QED) is 0.378. The first kappa shape index (κ1) is 24.0. The number of nitrogens with zero attached hydrogens (tertiary/aromatic N) is 4. The zero-order valence-corrected chi connectivity index (χ0v) is 20.1. The number of ether oxygens (including phenoxy) is 2. The lowest BCUT2D eigenvalue weighted by Crippen LogP contribution is -2.25. The van der Waals surface area contributed by atoms with Crippen molar-refractivity contribution in [1.82, 2.24) is 24.5 Å². The van der Waals surface area contributed by atoms with Crippen LogP contribution in [0.5, 0.6) is 11.5 Å². The second kappa shape index (κ2) is 10.9. The predicted molar refractivity (Wildman–Crippen MR) is 132 cm³/mol. The van der Waals surface area contributed by atoms with E-state index >= 15 is 0 Å². The van der Waals surface area contributed by atoms with Crippen LogP contribution >= 0.6 is 0 Å². The Hall–Kier alpha value is -4.14. The first-order chi connectivity index (χ1) is 17.0. The van der Waals surface area contributed by atoms with Crippen LogP contribution < -0.4 is 20.3 Å². The molecule has 182 valence electrons. The number of nitrogens with one attached hydrogen (secondary N) is 1. The molecule has 2 heterocycles. The summed E-state index contributed by atoms with van der Waals surface area (Å²) < 4.78 is 13.8. The summed E-state index contributed by atoms with van der Waals surface area (Å²) >= 11 is 0. The largest absolute Gasteiger partial charge is 0.497 e. The summed E-state index contributed by atoms with van der Waals surface area (Å²) in [6.07, 6.45) is 4.33. The molecule has 0 spiro atoms. The van der Waals surface area contributed by atoms with Gasteiger partial charge < -0.3 is 14.8 Å². The molecule has 4 aromatic rings. The molecule has 1 N–H and O–H groups in total. The Labute approximate surface area is 203 Å². The second-order valence-electron chi connectivity index (χ2n) is 8.35. The van der Waals surface area contributed by atoms with Gasteiger partial charge in [-0.15, -0.1) is 10.2 Å². The number of aromatic nitrogens is 4. The molecule has 2 aromatic carbocycles. The lowest BCUT2D eigenvalue weighted by molar-refractivity contribution is -0.122. The van der Waals surface area contributed by atoms with Gasteiger partial charge in [0.2, 0.25) is 11.6 Å². The molecule has 4 rings (SSSR count). The molecule has 0 saturated carbocycles. The van der Waals surface area contributed by atoms with E-state index in [0.717, 1.165) is 17.1 Å². The molecular formula is C26H29N5O4. The predicted octanol–water partition coefficient (Wildman–Crippen LogP) is 3.17. The number of benzene rings is 2. The molecule has 35 heavy (non-hydrogen) atoms. The topological polar surface area (TPSA) is 99.8 Å². The average molecular weight is 476 g/mol. The van der Waals surface area contributed by atoms with Crippen LogP contribution in [0.25, 0.3) is 11.3 Å². The van der Waals surface area contributed by atoms with E-state index in [-0.39, 0.29) is 23.0 Å². The molecule has 0 unspecified atom stereocenters. The van der Waals surface area contributed by atoms with Crippen LogP contribution in [0.2, 0.25) is 0 Å². The summed E-state index contributed by atoms with van der Waals surface area (Å²) in [4.78, 5) is 25.4. The first-order valence-electron chi connectivity index (χ1n) is 11.6. The zero-order valence-electron chi connectivity index (χ0n) is 20.1. The van der Waals surface area contributed by atoms with Crippen LogP contribution in [0.3, 0.4) is 0 Å². The Bertz CT molecular complexity index is 1340. The van der Waals surface area contributed by atoms with E-state index in [1.54, 1.807) is 23.9 Å². The highest BCUT2D eigenvalue weighted by atomic mass is 16.5. The van der Waals surface area contributed by atoms with E-state index < -0.39 is 0 Å². The molecule has 0 fully saturated rings. The van der Waals surface area contributed by atoms with Gasteiger partial charge in [0.25, 0.3) is 0 Å². The summed E-state index contributed by atoms with van der Waals surface area (Å²) in [6, 6.07) is 14.9. The monoisotopic (exact) mass is 475 g/mol. The van der Waals surface area contributed by atoms with Gasteiger partial charge in [-0.1, -0.05) is 19.1 Å². The molecule has 0 aliphatic rings. The van der Waals surface area contributed by atoms with E-state index in [9.17, 15) is 9.59 Å². The molecule has 9 heteroatoms. The Morgan fingerprint density at radius 2 is 1.74 bits per heavy atom. The van der Waals surface area contributed by atoms with Crippen LogP contribution in [0.15, 0.2) is 65.7 Å². The van der Waals surface area contributed by atoms with Gasteiger partial charge in [0.05, 0.1) is 13.7 Å². The van der Waals surface area contributed by atoms with Crippen LogP contribution in [-0.4, -0.2) is 38.8 Å². The highest BCUT2D eigenvalue weighted by Gasteiger charge is 2.16. The first-order valence-corrected chi connectivity index (χ1v) is 11.6. The summed E-state index contributed by atoms with van der Waals surface area (Å²) in [5, 5.41) is 11.3. The van der Waals surface area contributed by atoms with Crippen molar-refractivity contribution in [3.05, 3.63) is 82.7 Å². The third-order valence-electron chi connectivity index (χ3n) is 5.68.